The van der Waals surface area contributed by atoms with E-state index >= 15 is 0 Å². The monoisotopic (exact) mass is 239 g/mol. The average molecular weight is 239 g/mol. The highest BCUT2D eigenvalue weighted by Crippen LogP contribution is 2.60. The van der Waals surface area contributed by atoms with Crippen molar-refractivity contribution in [2.24, 2.45) is 11.3 Å². The maximum Gasteiger partial charge on any atom is 0.147 e. The van der Waals surface area contributed by atoms with Gasteiger partial charge in [0, 0.05) is 13.1 Å². The lowest BCUT2D eigenvalue weighted by atomic mass is 10.0. The van der Waals surface area contributed by atoms with Gasteiger partial charge >= 0.3 is 0 Å². The van der Waals surface area contributed by atoms with Gasteiger partial charge in [0.1, 0.15) is 5.82 Å². The zero-order chi connectivity index (χ0) is 12.2. The fraction of sp³-hybridized carbons (Fsp3) is 0.467. The number of hydrogen-bond acceptors (Lipinski definition) is 3. The third-order valence-corrected chi connectivity index (χ3v) is 4.77. The van der Waals surface area contributed by atoms with Gasteiger partial charge in [0.05, 0.1) is 17.2 Å². The minimum atomic E-state index is 0.604. The van der Waals surface area contributed by atoms with Crippen LogP contribution in [0.4, 0.5) is 5.82 Å². The number of fused-ring (bicyclic) bond motifs is 2. The van der Waals surface area contributed by atoms with Crippen molar-refractivity contribution < 1.29 is 0 Å². The minimum Gasteiger partial charge on any atom is -0.354 e. The molecule has 2 heterocycles. The molecule has 1 saturated carbocycles. The van der Waals surface area contributed by atoms with Gasteiger partial charge in [0.25, 0.3) is 0 Å². The van der Waals surface area contributed by atoms with Crippen LogP contribution in [0.25, 0.3) is 11.0 Å². The summed E-state index contributed by atoms with van der Waals surface area (Å²) in [6, 6.07) is 8.09. The van der Waals surface area contributed by atoms with E-state index in [0.29, 0.717) is 5.41 Å². The summed E-state index contributed by atoms with van der Waals surface area (Å²) in [7, 11) is 0. The number of anilines is 1. The second-order valence-corrected chi connectivity index (χ2v) is 5.71. The van der Waals surface area contributed by atoms with Crippen molar-refractivity contribution in [1.29, 1.82) is 0 Å². The fourth-order valence-corrected chi connectivity index (χ4v) is 3.41. The molecular formula is C15H17N3. The Kier molecular flexibility index (Phi) is 1.97. The van der Waals surface area contributed by atoms with Crippen LogP contribution in [0.1, 0.15) is 19.8 Å². The Bertz CT molecular complexity index is 605. The Balaban J connectivity index is 1.68. The molecule has 0 amide bonds. The smallest absolute Gasteiger partial charge is 0.147 e. The van der Waals surface area contributed by atoms with Crippen LogP contribution in [0.3, 0.4) is 0 Å². The standard InChI is InChI=1S/C15H17N3/c1-2-15-7-11(15)9-18(10-15)14-8-16-12-5-3-4-6-13(12)17-14/h3-6,8,11H,2,7,9-10H2,1H3. The van der Waals surface area contributed by atoms with Crippen LogP contribution in [-0.2, 0) is 0 Å². The van der Waals surface area contributed by atoms with Gasteiger partial charge in [-0.25, -0.2) is 4.98 Å². The molecule has 1 saturated heterocycles. The molecule has 1 aliphatic carbocycles. The number of rotatable bonds is 2. The average Bonchev–Trinajstić information content (AvgIpc) is 3.00. The van der Waals surface area contributed by atoms with Crippen molar-refractivity contribution in [2.75, 3.05) is 18.0 Å². The second-order valence-electron chi connectivity index (χ2n) is 5.71. The Hall–Kier alpha value is -1.64. The Morgan fingerprint density at radius 3 is 2.94 bits per heavy atom. The van der Waals surface area contributed by atoms with Gasteiger partial charge in [0.2, 0.25) is 0 Å². The van der Waals surface area contributed by atoms with E-state index in [1.54, 1.807) is 0 Å². The van der Waals surface area contributed by atoms with Crippen molar-refractivity contribution in [1.82, 2.24) is 9.97 Å². The topological polar surface area (TPSA) is 29.0 Å². The summed E-state index contributed by atoms with van der Waals surface area (Å²) in [5, 5.41) is 0. The van der Waals surface area contributed by atoms with Crippen molar-refractivity contribution in [3.8, 4) is 0 Å². The summed E-state index contributed by atoms with van der Waals surface area (Å²) in [4.78, 5) is 11.7. The van der Waals surface area contributed by atoms with Gasteiger partial charge in [0.15, 0.2) is 0 Å². The molecule has 1 aromatic carbocycles. The maximum atomic E-state index is 4.74. The van der Waals surface area contributed by atoms with E-state index in [2.05, 4.69) is 16.8 Å². The maximum absolute atomic E-state index is 4.74. The van der Waals surface area contributed by atoms with Gasteiger partial charge in [-0.15, -0.1) is 0 Å². The summed E-state index contributed by atoms with van der Waals surface area (Å²) in [5.41, 5.74) is 2.59. The molecule has 1 aromatic heterocycles. The second kappa shape index (κ2) is 3.44. The van der Waals surface area contributed by atoms with Gasteiger partial charge in [-0.3, -0.25) is 4.98 Å². The van der Waals surface area contributed by atoms with Crippen LogP contribution in [0.5, 0.6) is 0 Å². The minimum absolute atomic E-state index is 0.604. The first-order chi connectivity index (χ1) is 8.81. The fourth-order valence-electron chi connectivity index (χ4n) is 3.41. The van der Waals surface area contributed by atoms with Gasteiger partial charge in [-0.05, 0) is 36.3 Å². The lowest BCUT2D eigenvalue weighted by molar-refractivity contribution is 0.509. The van der Waals surface area contributed by atoms with E-state index in [4.69, 9.17) is 4.98 Å². The predicted octanol–water partition coefficient (Wildman–Crippen LogP) is 2.87. The highest BCUT2D eigenvalue weighted by molar-refractivity contribution is 5.75. The molecule has 2 fully saturated rings. The van der Waals surface area contributed by atoms with Crippen LogP contribution >= 0.6 is 0 Å². The quantitative estimate of drug-likeness (QED) is 0.807. The normalized spacial score (nSPS) is 29.6. The van der Waals surface area contributed by atoms with Crippen LogP contribution < -0.4 is 4.90 Å². The third-order valence-electron chi connectivity index (χ3n) is 4.77. The first-order valence-electron chi connectivity index (χ1n) is 6.77. The van der Waals surface area contributed by atoms with E-state index in [1.807, 2.05) is 30.5 Å². The molecule has 92 valence electrons. The molecule has 2 aromatic rings. The molecule has 0 bridgehead atoms. The summed E-state index contributed by atoms with van der Waals surface area (Å²) in [6.45, 7) is 4.65. The molecule has 0 N–H and O–H groups in total. The number of benzene rings is 1. The van der Waals surface area contributed by atoms with Gasteiger partial charge in [-0.1, -0.05) is 19.1 Å². The number of para-hydroxylation sites is 2. The number of hydrogen-bond donors (Lipinski definition) is 0. The van der Waals surface area contributed by atoms with Crippen molar-refractivity contribution >= 4 is 16.9 Å². The number of nitrogens with zero attached hydrogens (tertiary/aromatic N) is 3. The molecule has 0 radical (unpaired) electrons. The van der Waals surface area contributed by atoms with Crippen LogP contribution in [0, 0.1) is 11.3 Å². The Morgan fingerprint density at radius 1 is 1.33 bits per heavy atom. The zero-order valence-corrected chi connectivity index (χ0v) is 10.6. The van der Waals surface area contributed by atoms with Crippen LogP contribution in [0.15, 0.2) is 30.5 Å². The number of aromatic nitrogens is 2. The van der Waals surface area contributed by atoms with E-state index < -0.39 is 0 Å². The van der Waals surface area contributed by atoms with Crippen LogP contribution in [0.2, 0.25) is 0 Å². The predicted molar refractivity (Wildman–Crippen MR) is 72.6 cm³/mol. The first kappa shape index (κ1) is 10.3. The lowest BCUT2D eigenvalue weighted by Crippen LogP contribution is -2.25. The molecule has 1 aliphatic heterocycles. The molecular weight excluding hydrogens is 222 g/mol. The zero-order valence-electron chi connectivity index (χ0n) is 10.6. The molecule has 2 aliphatic rings. The highest BCUT2D eigenvalue weighted by atomic mass is 15.2. The van der Waals surface area contributed by atoms with Crippen LogP contribution in [-0.4, -0.2) is 23.1 Å². The third kappa shape index (κ3) is 1.36. The summed E-state index contributed by atoms with van der Waals surface area (Å²) < 4.78 is 0. The SMILES string of the molecule is CCC12CC1CN(c1cnc3ccccc3n1)C2. The van der Waals surface area contributed by atoms with E-state index in [-0.39, 0.29) is 0 Å². The molecule has 3 nitrogen and oxygen atoms in total. The molecule has 3 heteroatoms. The van der Waals surface area contributed by atoms with E-state index in [9.17, 15) is 0 Å². The first-order valence-corrected chi connectivity index (χ1v) is 6.77. The molecule has 4 rings (SSSR count). The molecule has 2 unspecified atom stereocenters. The molecule has 2 atom stereocenters. The molecule has 18 heavy (non-hydrogen) atoms. The summed E-state index contributed by atoms with van der Waals surface area (Å²) in [6.07, 6.45) is 4.65. The number of piperidine rings is 1. The van der Waals surface area contributed by atoms with E-state index in [0.717, 1.165) is 22.8 Å². The summed E-state index contributed by atoms with van der Waals surface area (Å²) in [5.74, 6) is 1.95. The van der Waals surface area contributed by atoms with Gasteiger partial charge < -0.3 is 4.90 Å². The lowest BCUT2D eigenvalue weighted by Gasteiger charge is -2.21. The van der Waals surface area contributed by atoms with Crippen molar-refractivity contribution in [2.45, 2.75) is 19.8 Å². The van der Waals surface area contributed by atoms with Crippen molar-refractivity contribution in [3.63, 3.8) is 0 Å². The largest absolute Gasteiger partial charge is 0.354 e. The van der Waals surface area contributed by atoms with Crippen molar-refractivity contribution in [3.05, 3.63) is 30.5 Å². The highest BCUT2D eigenvalue weighted by Gasteiger charge is 2.58. The molecule has 0 spiro atoms. The Morgan fingerprint density at radius 2 is 2.17 bits per heavy atom. The Labute approximate surface area is 107 Å². The summed E-state index contributed by atoms with van der Waals surface area (Å²) >= 11 is 0. The van der Waals surface area contributed by atoms with Gasteiger partial charge in [-0.2, -0.15) is 0 Å². The van der Waals surface area contributed by atoms with E-state index in [1.165, 1.54) is 25.9 Å².